The first-order valence-corrected chi connectivity index (χ1v) is 8.90. The average molecular weight is 409 g/mol. The maximum Gasteiger partial charge on any atom is 0.251 e. The van der Waals surface area contributed by atoms with Gasteiger partial charge < -0.3 is 10.6 Å². The van der Waals surface area contributed by atoms with Crippen LogP contribution in [-0.4, -0.2) is 18.4 Å². The average Bonchev–Trinajstić information content (AvgIpc) is 2.68. The van der Waals surface area contributed by atoms with Crippen LogP contribution in [0.3, 0.4) is 0 Å². The molecule has 0 unspecified atom stereocenters. The smallest absolute Gasteiger partial charge is 0.251 e. The highest BCUT2D eigenvalue weighted by molar-refractivity contribution is 9.10. The third-order valence-electron chi connectivity index (χ3n) is 3.79. The molecule has 0 spiro atoms. The lowest BCUT2D eigenvalue weighted by Crippen LogP contribution is -2.32. The second kappa shape index (κ2) is 8.45. The van der Waals surface area contributed by atoms with E-state index in [0.29, 0.717) is 11.3 Å². The molecule has 0 saturated heterocycles. The second-order valence-corrected chi connectivity index (χ2v) is 6.60. The Kier molecular flexibility index (Phi) is 5.81. The number of carbonyl (C=O) groups is 2. The number of anilines is 1. The molecule has 0 bridgehead atoms. The van der Waals surface area contributed by atoms with Gasteiger partial charge in [0.15, 0.2) is 0 Å². The first-order chi connectivity index (χ1) is 12.6. The van der Waals surface area contributed by atoms with E-state index >= 15 is 0 Å². The summed E-state index contributed by atoms with van der Waals surface area (Å²) in [5.74, 6) is -0.560. The molecule has 2 N–H and O–H groups in total. The van der Waals surface area contributed by atoms with Crippen molar-refractivity contribution < 1.29 is 9.59 Å². The van der Waals surface area contributed by atoms with E-state index in [4.69, 9.17) is 0 Å². The van der Waals surface area contributed by atoms with Gasteiger partial charge in [0.1, 0.15) is 0 Å². The minimum absolute atomic E-state index is 0.0880. The summed E-state index contributed by atoms with van der Waals surface area (Å²) in [6.45, 7) is -0.0880. The lowest BCUT2D eigenvalue weighted by Gasteiger charge is -2.08. The SMILES string of the molecule is O=C(CNC(=O)c1ccc(Br)cc1)Nc1ccc(-c2ccccc2)cc1. The van der Waals surface area contributed by atoms with Gasteiger partial charge in [0.2, 0.25) is 5.91 Å². The Morgan fingerprint density at radius 1 is 0.769 bits per heavy atom. The number of nitrogens with one attached hydrogen (secondary N) is 2. The van der Waals surface area contributed by atoms with Crippen molar-refractivity contribution in [3.8, 4) is 11.1 Å². The van der Waals surface area contributed by atoms with Crippen LogP contribution >= 0.6 is 15.9 Å². The van der Waals surface area contributed by atoms with Gasteiger partial charge in [-0.05, 0) is 47.5 Å². The molecule has 0 aliphatic rings. The van der Waals surface area contributed by atoms with Gasteiger partial charge >= 0.3 is 0 Å². The Morgan fingerprint density at radius 3 is 2.04 bits per heavy atom. The Bertz CT molecular complexity index is 892. The van der Waals surface area contributed by atoms with Crippen molar-refractivity contribution in [2.45, 2.75) is 0 Å². The number of hydrogen-bond acceptors (Lipinski definition) is 2. The zero-order chi connectivity index (χ0) is 18.4. The summed E-state index contributed by atoms with van der Waals surface area (Å²) in [5, 5.41) is 5.38. The van der Waals surface area contributed by atoms with E-state index in [2.05, 4.69) is 26.6 Å². The molecule has 3 aromatic rings. The topological polar surface area (TPSA) is 58.2 Å². The van der Waals surface area contributed by atoms with Crippen molar-refractivity contribution in [1.82, 2.24) is 5.32 Å². The van der Waals surface area contributed by atoms with E-state index in [1.807, 2.05) is 54.6 Å². The molecule has 4 nitrogen and oxygen atoms in total. The third-order valence-corrected chi connectivity index (χ3v) is 4.32. The molecule has 0 aromatic heterocycles. The van der Waals surface area contributed by atoms with Crippen LogP contribution in [0.15, 0.2) is 83.3 Å². The van der Waals surface area contributed by atoms with Crippen molar-refractivity contribution in [2.24, 2.45) is 0 Å². The van der Waals surface area contributed by atoms with Gasteiger partial charge in [-0.2, -0.15) is 0 Å². The number of benzene rings is 3. The van der Waals surface area contributed by atoms with Crippen molar-refractivity contribution in [1.29, 1.82) is 0 Å². The summed E-state index contributed by atoms with van der Waals surface area (Å²) in [6.07, 6.45) is 0. The monoisotopic (exact) mass is 408 g/mol. The number of hydrogen-bond donors (Lipinski definition) is 2. The van der Waals surface area contributed by atoms with Crippen molar-refractivity contribution >= 4 is 33.4 Å². The van der Waals surface area contributed by atoms with Crippen LogP contribution in [-0.2, 0) is 4.79 Å². The minimum atomic E-state index is -0.285. The highest BCUT2D eigenvalue weighted by atomic mass is 79.9. The summed E-state index contributed by atoms with van der Waals surface area (Å²) in [6, 6.07) is 24.5. The quantitative estimate of drug-likeness (QED) is 0.653. The van der Waals surface area contributed by atoms with Crippen molar-refractivity contribution in [3.63, 3.8) is 0 Å². The summed E-state index contributed by atoms with van der Waals surface area (Å²) in [4.78, 5) is 24.0. The van der Waals surface area contributed by atoms with E-state index in [1.54, 1.807) is 24.3 Å². The highest BCUT2D eigenvalue weighted by Gasteiger charge is 2.08. The Balaban J connectivity index is 1.53. The molecule has 0 aliphatic heterocycles. The fourth-order valence-electron chi connectivity index (χ4n) is 2.45. The van der Waals surface area contributed by atoms with Gasteiger partial charge in [-0.1, -0.05) is 58.4 Å². The number of carbonyl (C=O) groups excluding carboxylic acids is 2. The Labute approximate surface area is 160 Å². The molecule has 0 fully saturated rings. The van der Waals surface area contributed by atoms with Gasteiger partial charge in [0.25, 0.3) is 5.91 Å². The predicted octanol–water partition coefficient (Wildman–Crippen LogP) is 4.48. The molecule has 0 heterocycles. The first kappa shape index (κ1) is 17.9. The van der Waals surface area contributed by atoms with Gasteiger partial charge in [0, 0.05) is 15.7 Å². The molecule has 2 amide bonds. The van der Waals surface area contributed by atoms with Crippen molar-refractivity contribution in [2.75, 3.05) is 11.9 Å². The van der Waals surface area contributed by atoms with E-state index in [0.717, 1.165) is 15.6 Å². The zero-order valence-corrected chi connectivity index (χ0v) is 15.5. The molecule has 0 saturated carbocycles. The first-order valence-electron chi connectivity index (χ1n) is 8.11. The Hall–Kier alpha value is -2.92. The van der Waals surface area contributed by atoms with E-state index in [-0.39, 0.29) is 18.4 Å². The fourth-order valence-corrected chi connectivity index (χ4v) is 2.71. The highest BCUT2D eigenvalue weighted by Crippen LogP contribution is 2.20. The molecular weight excluding hydrogens is 392 g/mol. The number of halogens is 1. The maximum atomic E-state index is 12.0. The molecule has 0 atom stereocenters. The van der Waals surface area contributed by atoms with E-state index < -0.39 is 0 Å². The Morgan fingerprint density at radius 2 is 1.38 bits per heavy atom. The second-order valence-electron chi connectivity index (χ2n) is 5.68. The molecule has 5 heteroatoms. The molecular formula is C21H17BrN2O2. The molecule has 0 radical (unpaired) electrons. The van der Waals surface area contributed by atoms with Crippen LogP contribution in [0, 0.1) is 0 Å². The van der Waals surface area contributed by atoms with Crippen LogP contribution in [0.4, 0.5) is 5.69 Å². The standard InChI is InChI=1S/C21H17BrN2O2/c22-18-10-6-17(7-11-18)21(26)23-14-20(25)24-19-12-8-16(9-13-19)15-4-2-1-3-5-15/h1-13H,14H2,(H,23,26)(H,24,25). The van der Waals surface area contributed by atoms with Crippen LogP contribution in [0.1, 0.15) is 10.4 Å². The number of rotatable bonds is 5. The van der Waals surface area contributed by atoms with Crippen LogP contribution < -0.4 is 10.6 Å². The number of amides is 2. The van der Waals surface area contributed by atoms with Crippen molar-refractivity contribution in [3.05, 3.63) is 88.9 Å². The predicted molar refractivity (Wildman–Crippen MR) is 107 cm³/mol. The normalized spacial score (nSPS) is 10.2. The largest absolute Gasteiger partial charge is 0.343 e. The fraction of sp³-hybridized carbons (Fsp3) is 0.0476. The minimum Gasteiger partial charge on any atom is -0.343 e. The molecule has 130 valence electrons. The van der Waals surface area contributed by atoms with E-state index in [9.17, 15) is 9.59 Å². The van der Waals surface area contributed by atoms with Gasteiger partial charge in [-0.3, -0.25) is 9.59 Å². The van der Waals surface area contributed by atoms with Gasteiger partial charge in [-0.25, -0.2) is 0 Å². The summed E-state index contributed by atoms with van der Waals surface area (Å²) >= 11 is 3.32. The van der Waals surface area contributed by atoms with Crippen LogP contribution in [0.2, 0.25) is 0 Å². The molecule has 0 aliphatic carbocycles. The lowest BCUT2D eigenvalue weighted by molar-refractivity contribution is -0.115. The van der Waals surface area contributed by atoms with Crippen LogP contribution in [0.25, 0.3) is 11.1 Å². The summed E-state index contributed by atoms with van der Waals surface area (Å²) in [5.41, 5.74) is 3.39. The molecule has 26 heavy (non-hydrogen) atoms. The molecule has 3 rings (SSSR count). The van der Waals surface area contributed by atoms with Gasteiger partial charge in [0.05, 0.1) is 6.54 Å². The zero-order valence-electron chi connectivity index (χ0n) is 13.9. The summed E-state index contributed by atoms with van der Waals surface area (Å²) < 4.78 is 0.894. The maximum absolute atomic E-state index is 12.0. The van der Waals surface area contributed by atoms with E-state index in [1.165, 1.54) is 0 Å². The lowest BCUT2D eigenvalue weighted by atomic mass is 10.1. The third kappa shape index (κ3) is 4.80. The summed E-state index contributed by atoms with van der Waals surface area (Å²) in [7, 11) is 0. The van der Waals surface area contributed by atoms with Crippen LogP contribution in [0.5, 0.6) is 0 Å². The van der Waals surface area contributed by atoms with Gasteiger partial charge in [-0.15, -0.1) is 0 Å². The molecule has 3 aromatic carbocycles.